The van der Waals surface area contributed by atoms with Crippen LogP contribution in [0.2, 0.25) is 5.28 Å². The zero-order valence-corrected chi connectivity index (χ0v) is 9.70. The molecule has 0 aliphatic rings. The minimum atomic E-state index is 0.568. The number of halogens is 1. The fourth-order valence-corrected chi connectivity index (χ4v) is 1.83. The SMILES string of the molecule is CN(C)CCn1c(Cl)nc2ccccc21. The van der Waals surface area contributed by atoms with Crippen molar-refractivity contribution in [1.29, 1.82) is 0 Å². The lowest BCUT2D eigenvalue weighted by Gasteiger charge is -2.11. The number of para-hydroxylation sites is 2. The van der Waals surface area contributed by atoms with Crippen molar-refractivity contribution in [3.8, 4) is 0 Å². The topological polar surface area (TPSA) is 21.1 Å². The molecule has 0 aliphatic carbocycles. The first kappa shape index (κ1) is 10.5. The number of fused-ring (bicyclic) bond motifs is 1. The molecule has 0 atom stereocenters. The van der Waals surface area contributed by atoms with E-state index in [-0.39, 0.29) is 0 Å². The first-order valence-electron chi connectivity index (χ1n) is 4.94. The Morgan fingerprint density at radius 3 is 2.80 bits per heavy atom. The molecule has 80 valence electrons. The summed E-state index contributed by atoms with van der Waals surface area (Å²) in [7, 11) is 4.10. The van der Waals surface area contributed by atoms with Crippen LogP contribution >= 0.6 is 11.6 Å². The van der Waals surface area contributed by atoms with Crippen LogP contribution < -0.4 is 0 Å². The van der Waals surface area contributed by atoms with Gasteiger partial charge in [0.15, 0.2) is 0 Å². The Balaban J connectivity index is 2.36. The molecule has 0 N–H and O–H groups in total. The quantitative estimate of drug-likeness (QED) is 0.796. The Labute approximate surface area is 94.3 Å². The van der Waals surface area contributed by atoms with Gasteiger partial charge in [-0.2, -0.15) is 0 Å². The van der Waals surface area contributed by atoms with Crippen molar-refractivity contribution in [3.05, 3.63) is 29.5 Å². The average Bonchev–Trinajstić information content (AvgIpc) is 2.50. The standard InChI is InChI=1S/C11H14ClN3/c1-14(2)7-8-15-10-6-4-3-5-9(10)13-11(15)12/h3-6H,7-8H2,1-2H3. The predicted octanol–water partition coefficient (Wildman–Crippen LogP) is 2.25. The summed E-state index contributed by atoms with van der Waals surface area (Å²) in [5.41, 5.74) is 2.06. The zero-order chi connectivity index (χ0) is 10.8. The van der Waals surface area contributed by atoms with Crippen molar-refractivity contribution in [2.75, 3.05) is 20.6 Å². The molecule has 0 aliphatic heterocycles. The van der Waals surface area contributed by atoms with Gasteiger partial charge in [-0.1, -0.05) is 12.1 Å². The van der Waals surface area contributed by atoms with E-state index in [1.165, 1.54) is 0 Å². The molecule has 0 unspecified atom stereocenters. The summed E-state index contributed by atoms with van der Waals surface area (Å²) in [6, 6.07) is 8.01. The lowest BCUT2D eigenvalue weighted by atomic mass is 10.3. The molecule has 0 radical (unpaired) electrons. The van der Waals surface area contributed by atoms with Crippen LogP contribution in [0.4, 0.5) is 0 Å². The second kappa shape index (κ2) is 4.21. The molecule has 0 amide bonds. The third-order valence-electron chi connectivity index (χ3n) is 2.38. The molecule has 15 heavy (non-hydrogen) atoms. The van der Waals surface area contributed by atoms with Crippen LogP contribution in [0.5, 0.6) is 0 Å². The molecule has 0 spiro atoms. The second-order valence-electron chi connectivity index (χ2n) is 3.82. The molecule has 2 rings (SSSR count). The van der Waals surface area contributed by atoms with Crippen molar-refractivity contribution in [2.24, 2.45) is 0 Å². The Bertz CT molecular complexity index is 462. The summed E-state index contributed by atoms with van der Waals surface area (Å²) >= 11 is 6.08. The van der Waals surface area contributed by atoms with Crippen LogP contribution in [0.25, 0.3) is 11.0 Å². The number of hydrogen-bond donors (Lipinski definition) is 0. The number of likely N-dealkylation sites (N-methyl/N-ethyl adjacent to an activating group) is 1. The number of imidazole rings is 1. The lowest BCUT2D eigenvalue weighted by Crippen LogP contribution is -2.18. The van der Waals surface area contributed by atoms with Gasteiger partial charge in [-0.3, -0.25) is 0 Å². The maximum Gasteiger partial charge on any atom is 0.203 e. The van der Waals surface area contributed by atoms with Crippen LogP contribution in [-0.2, 0) is 6.54 Å². The van der Waals surface area contributed by atoms with E-state index in [2.05, 4.69) is 9.88 Å². The normalized spacial score (nSPS) is 11.5. The summed E-state index contributed by atoms with van der Waals surface area (Å²) in [4.78, 5) is 6.43. The minimum Gasteiger partial charge on any atom is -0.313 e. The molecule has 2 aromatic rings. The van der Waals surface area contributed by atoms with E-state index in [0.29, 0.717) is 5.28 Å². The number of hydrogen-bond acceptors (Lipinski definition) is 2. The summed E-state index contributed by atoms with van der Waals surface area (Å²) in [5, 5.41) is 0.568. The molecule has 0 saturated heterocycles. The van der Waals surface area contributed by atoms with Gasteiger partial charge in [0, 0.05) is 13.1 Å². The number of aromatic nitrogens is 2. The highest BCUT2D eigenvalue weighted by Crippen LogP contribution is 2.18. The van der Waals surface area contributed by atoms with Gasteiger partial charge in [0.2, 0.25) is 5.28 Å². The van der Waals surface area contributed by atoms with E-state index in [9.17, 15) is 0 Å². The molecule has 0 fully saturated rings. The highest BCUT2D eigenvalue weighted by molar-refractivity contribution is 6.29. The third-order valence-corrected chi connectivity index (χ3v) is 2.67. The van der Waals surface area contributed by atoms with Crippen LogP contribution in [0.1, 0.15) is 0 Å². The van der Waals surface area contributed by atoms with Gasteiger partial charge < -0.3 is 9.47 Å². The highest BCUT2D eigenvalue weighted by atomic mass is 35.5. The monoisotopic (exact) mass is 223 g/mol. The number of nitrogens with zero attached hydrogens (tertiary/aromatic N) is 3. The van der Waals surface area contributed by atoms with E-state index < -0.39 is 0 Å². The van der Waals surface area contributed by atoms with Crippen molar-refractivity contribution in [1.82, 2.24) is 14.5 Å². The summed E-state index contributed by atoms with van der Waals surface area (Å²) in [5.74, 6) is 0. The molecular weight excluding hydrogens is 210 g/mol. The molecular formula is C11H14ClN3. The Hall–Kier alpha value is -1.06. The van der Waals surface area contributed by atoms with E-state index >= 15 is 0 Å². The summed E-state index contributed by atoms with van der Waals surface area (Å²) in [6.07, 6.45) is 0. The van der Waals surface area contributed by atoms with Gasteiger partial charge in [0.25, 0.3) is 0 Å². The summed E-state index contributed by atoms with van der Waals surface area (Å²) in [6.45, 7) is 1.83. The van der Waals surface area contributed by atoms with Crippen LogP contribution in [0, 0.1) is 0 Å². The van der Waals surface area contributed by atoms with E-state index in [0.717, 1.165) is 24.1 Å². The molecule has 3 nitrogen and oxygen atoms in total. The van der Waals surface area contributed by atoms with E-state index in [1.807, 2.05) is 42.9 Å². The maximum absolute atomic E-state index is 6.08. The Kier molecular flexibility index (Phi) is 2.93. The fourth-order valence-electron chi connectivity index (χ4n) is 1.56. The fraction of sp³-hybridized carbons (Fsp3) is 0.364. The minimum absolute atomic E-state index is 0.568. The average molecular weight is 224 g/mol. The predicted molar refractivity (Wildman–Crippen MR) is 63.3 cm³/mol. The van der Waals surface area contributed by atoms with E-state index in [4.69, 9.17) is 11.6 Å². The lowest BCUT2D eigenvalue weighted by molar-refractivity contribution is 0.386. The molecule has 0 bridgehead atoms. The van der Waals surface area contributed by atoms with Gasteiger partial charge in [-0.15, -0.1) is 0 Å². The molecule has 1 heterocycles. The molecule has 4 heteroatoms. The maximum atomic E-state index is 6.08. The second-order valence-corrected chi connectivity index (χ2v) is 4.16. The van der Waals surface area contributed by atoms with Crippen molar-refractivity contribution < 1.29 is 0 Å². The van der Waals surface area contributed by atoms with Crippen LogP contribution in [-0.4, -0.2) is 35.1 Å². The van der Waals surface area contributed by atoms with Crippen LogP contribution in [0.3, 0.4) is 0 Å². The molecule has 0 saturated carbocycles. The van der Waals surface area contributed by atoms with Crippen molar-refractivity contribution in [3.63, 3.8) is 0 Å². The van der Waals surface area contributed by atoms with Gasteiger partial charge in [-0.25, -0.2) is 4.98 Å². The Morgan fingerprint density at radius 2 is 2.07 bits per heavy atom. The Morgan fingerprint density at radius 1 is 1.33 bits per heavy atom. The smallest absolute Gasteiger partial charge is 0.203 e. The number of benzene rings is 1. The molecule has 1 aromatic carbocycles. The molecule has 1 aromatic heterocycles. The first-order valence-corrected chi connectivity index (χ1v) is 5.32. The van der Waals surface area contributed by atoms with Crippen LogP contribution in [0.15, 0.2) is 24.3 Å². The van der Waals surface area contributed by atoms with E-state index in [1.54, 1.807) is 0 Å². The van der Waals surface area contributed by atoms with Crippen molar-refractivity contribution >= 4 is 22.6 Å². The first-order chi connectivity index (χ1) is 7.18. The van der Waals surface area contributed by atoms with Gasteiger partial charge in [-0.05, 0) is 37.8 Å². The summed E-state index contributed by atoms with van der Waals surface area (Å²) < 4.78 is 2.04. The third kappa shape index (κ3) is 2.13. The highest BCUT2D eigenvalue weighted by Gasteiger charge is 2.07. The van der Waals surface area contributed by atoms with Gasteiger partial charge in [0.05, 0.1) is 11.0 Å². The zero-order valence-electron chi connectivity index (χ0n) is 8.94. The number of rotatable bonds is 3. The van der Waals surface area contributed by atoms with Gasteiger partial charge >= 0.3 is 0 Å². The largest absolute Gasteiger partial charge is 0.313 e. The van der Waals surface area contributed by atoms with Gasteiger partial charge in [0.1, 0.15) is 0 Å². The van der Waals surface area contributed by atoms with Crippen molar-refractivity contribution in [2.45, 2.75) is 6.54 Å².